The van der Waals surface area contributed by atoms with E-state index in [1.54, 1.807) is 21.3 Å². The second kappa shape index (κ2) is 8.45. The number of nitrogens with zero attached hydrogens (tertiary/aromatic N) is 1. The molecule has 0 spiro atoms. The van der Waals surface area contributed by atoms with Crippen LogP contribution in [0.4, 0.5) is 0 Å². The van der Waals surface area contributed by atoms with Gasteiger partial charge in [-0.15, -0.1) is 12.4 Å². The van der Waals surface area contributed by atoms with Crippen LogP contribution in [-0.2, 0) is 19.4 Å². The summed E-state index contributed by atoms with van der Waals surface area (Å²) in [5, 5.41) is 0. The molecule has 0 fully saturated rings. The molecule has 0 N–H and O–H groups in total. The van der Waals surface area contributed by atoms with E-state index in [-0.39, 0.29) is 12.4 Å². The molecule has 0 unspecified atom stereocenters. The second-order valence-corrected chi connectivity index (χ2v) is 6.30. The van der Waals surface area contributed by atoms with Crippen LogP contribution in [0.1, 0.15) is 16.7 Å². The number of hydrogen-bond acceptors (Lipinski definition) is 4. The van der Waals surface area contributed by atoms with Crippen molar-refractivity contribution in [1.82, 2.24) is 4.90 Å². The highest BCUT2D eigenvalue weighted by molar-refractivity contribution is 5.85. The molecular formula is C20H26ClNO3. The highest BCUT2D eigenvalue weighted by atomic mass is 35.5. The number of benzene rings is 2. The number of ether oxygens (including phenoxy) is 3. The molecule has 0 amide bonds. The lowest BCUT2D eigenvalue weighted by molar-refractivity contribution is 0.213. The highest BCUT2D eigenvalue weighted by Gasteiger charge is 2.25. The molecule has 2 aromatic carbocycles. The summed E-state index contributed by atoms with van der Waals surface area (Å²) in [5.41, 5.74) is 4.00. The van der Waals surface area contributed by atoms with Gasteiger partial charge in [-0.1, -0.05) is 12.1 Å². The number of rotatable bonds is 5. The van der Waals surface area contributed by atoms with E-state index in [4.69, 9.17) is 14.2 Å². The molecule has 25 heavy (non-hydrogen) atoms. The Bertz CT molecular complexity index is 703. The lowest BCUT2D eigenvalue weighted by atomic mass is 9.90. The summed E-state index contributed by atoms with van der Waals surface area (Å²) in [4.78, 5) is 2.42. The van der Waals surface area contributed by atoms with Crippen molar-refractivity contribution in [2.75, 3.05) is 28.4 Å². The zero-order chi connectivity index (χ0) is 17.1. The maximum atomic E-state index is 5.46. The third-order valence-corrected chi connectivity index (χ3v) is 4.83. The molecular weight excluding hydrogens is 338 g/mol. The number of likely N-dealkylation sites (N-methyl/N-ethyl adjacent to an activating group) is 1. The molecule has 0 aromatic heterocycles. The van der Waals surface area contributed by atoms with Crippen molar-refractivity contribution in [3.8, 4) is 17.2 Å². The van der Waals surface area contributed by atoms with Gasteiger partial charge >= 0.3 is 0 Å². The van der Waals surface area contributed by atoms with Gasteiger partial charge in [0.05, 0.1) is 21.3 Å². The summed E-state index contributed by atoms with van der Waals surface area (Å²) in [6.45, 7) is 0.927. The minimum atomic E-state index is 0. The maximum Gasteiger partial charge on any atom is 0.161 e. The Labute approximate surface area is 156 Å². The molecule has 0 saturated heterocycles. The Morgan fingerprint density at radius 2 is 1.52 bits per heavy atom. The number of fused-ring (bicyclic) bond motifs is 1. The van der Waals surface area contributed by atoms with Crippen LogP contribution in [0.5, 0.6) is 17.2 Å². The summed E-state index contributed by atoms with van der Waals surface area (Å²) >= 11 is 0. The molecule has 3 rings (SSSR count). The third kappa shape index (κ3) is 4.20. The van der Waals surface area contributed by atoms with Crippen LogP contribution >= 0.6 is 12.4 Å². The fourth-order valence-corrected chi connectivity index (χ4v) is 3.37. The van der Waals surface area contributed by atoms with Gasteiger partial charge in [0.2, 0.25) is 0 Å². The molecule has 1 aliphatic rings. The van der Waals surface area contributed by atoms with Crippen molar-refractivity contribution in [3.63, 3.8) is 0 Å². The molecule has 5 heteroatoms. The molecule has 0 radical (unpaired) electrons. The van der Waals surface area contributed by atoms with Gasteiger partial charge in [-0.25, -0.2) is 0 Å². The predicted molar refractivity (Wildman–Crippen MR) is 102 cm³/mol. The average Bonchev–Trinajstić information content (AvgIpc) is 2.62. The fourth-order valence-electron chi connectivity index (χ4n) is 3.37. The smallest absolute Gasteiger partial charge is 0.161 e. The average molecular weight is 364 g/mol. The van der Waals surface area contributed by atoms with Gasteiger partial charge in [-0.2, -0.15) is 0 Å². The monoisotopic (exact) mass is 363 g/mol. The summed E-state index contributed by atoms with van der Waals surface area (Å²) in [7, 11) is 7.26. The van der Waals surface area contributed by atoms with Crippen LogP contribution in [0.2, 0.25) is 0 Å². The molecule has 1 heterocycles. The topological polar surface area (TPSA) is 30.9 Å². The highest BCUT2D eigenvalue weighted by Crippen LogP contribution is 2.34. The normalized spacial score (nSPS) is 16.6. The van der Waals surface area contributed by atoms with Crippen LogP contribution in [0.3, 0.4) is 0 Å². The largest absolute Gasteiger partial charge is 0.497 e. The SMILES string of the molecule is COc1ccc(C[C@@H]2Cc3cc(OC)c(OC)cc3CN2C)cc1.Cl. The fraction of sp³-hybridized carbons (Fsp3) is 0.400. The lowest BCUT2D eigenvalue weighted by Crippen LogP contribution is -2.39. The Morgan fingerprint density at radius 3 is 2.08 bits per heavy atom. The minimum absolute atomic E-state index is 0. The molecule has 4 nitrogen and oxygen atoms in total. The van der Waals surface area contributed by atoms with Crippen LogP contribution in [-0.4, -0.2) is 39.3 Å². The first kappa shape index (κ1) is 19.4. The van der Waals surface area contributed by atoms with Gasteiger partial charge in [-0.05, 0) is 60.8 Å². The zero-order valence-electron chi connectivity index (χ0n) is 15.2. The van der Waals surface area contributed by atoms with Crippen molar-refractivity contribution in [2.24, 2.45) is 0 Å². The lowest BCUT2D eigenvalue weighted by Gasteiger charge is -2.34. The molecule has 0 bridgehead atoms. The van der Waals surface area contributed by atoms with Crippen molar-refractivity contribution >= 4 is 12.4 Å². The Balaban J connectivity index is 0.00000225. The van der Waals surface area contributed by atoms with E-state index in [2.05, 4.69) is 36.2 Å². The van der Waals surface area contributed by atoms with Gasteiger partial charge < -0.3 is 14.2 Å². The van der Waals surface area contributed by atoms with E-state index in [1.807, 2.05) is 12.1 Å². The first-order chi connectivity index (χ1) is 11.6. The standard InChI is InChI=1S/C20H25NO3.ClH/c1-21-13-16-12-20(24-4)19(23-3)11-15(16)10-17(21)9-14-5-7-18(22-2)8-6-14;/h5-8,11-12,17H,9-10,13H2,1-4H3;1H/t17-;/m1./s1. The Hall–Kier alpha value is -1.91. The van der Waals surface area contributed by atoms with Crippen molar-refractivity contribution in [2.45, 2.75) is 25.4 Å². The van der Waals surface area contributed by atoms with Crippen LogP contribution < -0.4 is 14.2 Å². The van der Waals surface area contributed by atoms with Crippen molar-refractivity contribution < 1.29 is 14.2 Å². The zero-order valence-corrected chi connectivity index (χ0v) is 16.1. The number of methoxy groups -OCH3 is 3. The van der Waals surface area contributed by atoms with Crippen molar-refractivity contribution in [3.05, 3.63) is 53.1 Å². The van der Waals surface area contributed by atoms with E-state index < -0.39 is 0 Å². The van der Waals surface area contributed by atoms with E-state index in [9.17, 15) is 0 Å². The van der Waals surface area contributed by atoms with Gasteiger partial charge in [0, 0.05) is 12.6 Å². The number of hydrogen-bond donors (Lipinski definition) is 0. The summed E-state index contributed by atoms with van der Waals surface area (Å²) in [6, 6.07) is 13.1. The quantitative estimate of drug-likeness (QED) is 0.809. The van der Waals surface area contributed by atoms with Crippen molar-refractivity contribution in [1.29, 1.82) is 0 Å². The van der Waals surface area contributed by atoms with E-state index in [0.717, 1.165) is 36.6 Å². The van der Waals surface area contributed by atoms with Gasteiger partial charge in [0.25, 0.3) is 0 Å². The predicted octanol–water partition coefficient (Wildman–Crippen LogP) is 3.73. The first-order valence-corrected chi connectivity index (χ1v) is 8.21. The van der Waals surface area contributed by atoms with E-state index in [1.165, 1.54) is 16.7 Å². The van der Waals surface area contributed by atoms with Crippen LogP contribution in [0, 0.1) is 0 Å². The molecule has 1 atom stereocenters. The summed E-state index contributed by atoms with van der Waals surface area (Å²) in [5.74, 6) is 2.51. The maximum absolute atomic E-state index is 5.46. The molecule has 0 saturated carbocycles. The minimum Gasteiger partial charge on any atom is -0.497 e. The Morgan fingerprint density at radius 1 is 0.920 bits per heavy atom. The number of halogens is 1. The third-order valence-electron chi connectivity index (χ3n) is 4.83. The van der Waals surface area contributed by atoms with Gasteiger partial charge in [0.15, 0.2) is 11.5 Å². The van der Waals surface area contributed by atoms with Crippen LogP contribution in [0.25, 0.3) is 0 Å². The van der Waals surface area contributed by atoms with Crippen LogP contribution in [0.15, 0.2) is 36.4 Å². The second-order valence-electron chi connectivity index (χ2n) is 6.30. The molecule has 2 aromatic rings. The van der Waals surface area contributed by atoms with E-state index in [0.29, 0.717) is 6.04 Å². The van der Waals surface area contributed by atoms with Gasteiger partial charge in [-0.3, -0.25) is 4.90 Å². The first-order valence-electron chi connectivity index (χ1n) is 8.21. The summed E-state index contributed by atoms with van der Waals surface area (Å²) in [6.07, 6.45) is 2.03. The Kier molecular flexibility index (Phi) is 6.57. The van der Waals surface area contributed by atoms with Gasteiger partial charge in [0.1, 0.15) is 5.75 Å². The van der Waals surface area contributed by atoms with E-state index >= 15 is 0 Å². The molecule has 0 aliphatic carbocycles. The molecule has 1 aliphatic heterocycles. The molecule has 136 valence electrons. The summed E-state index contributed by atoms with van der Waals surface area (Å²) < 4.78 is 16.1.